The normalized spacial score (nSPS) is 24.7. The molecule has 42 heavy (non-hydrogen) atoms. The van der Waals surface area contributed by atoms with E-state index < -0.39 is 27.3 Å². The fourth-order valence-electron chi connectivity index (χ4n) is 6.82. The van der Waals surface area contributed by atoms with Gasteiger partial charge in [-0.3, -0.25) is 19.1 Å². The van der Waals surface area contributed by atoms with Crippen molar-refractivity contribution in [2.24, 2.45) is 16.7 Å². The average Bonchev–Trinajstić information content (AvgIpc) is 3.27. The molecule has 0 amide bonds. The Morgan fingerprint density at radius 1 is 1.14 bits per heavy atom. The molecular formula is C31H41ClN2O7S. The van der Waals surface area contributed by atoms with Gasteiger partial charge in [0.05, 0.1) is 23.0 Å². The molecule has 0 radical (unpaired) electrons. The first-order valence-electron chi connectivity index (χ1n) is 14.6. The molecule has 2 N–H and O–H groups in total. The summed E-state index contributed by atoms with van der Waals surface area (Å²) in [6.45, 7) is 6.58. The Bertz CT molecular complexity index is 1330. The van der Waals surface area contributed by atoms with Crippen LogP contribution in [0.25, 0.3) is 0 Å². The molecular weight excluding hydrogens is 580 g/mol. The van der Waals surface area contributed by atoms with Crippen LogP contribution in [-0.4, -0.2) is 71.2 Å². The van der Waals surface area contributed by atoms with Gasteiger partial charge in [-0.1, -0.05) is 43.6 Å². The van der Waals surface area contributed by atoms with Gasteiger partial charge >= 0.3 is 5.97 Å². The van der Waals surface area contributed by atoms with Gasteiger partial charge in [0.2, 0.25) is 0 Å². The third-order valence-corrected chi connectivity index (χ3v) is 10.5. The van der Waals surface area contributed by atoms with E-state index in [1.165, 1.54) is 0 Å². The second-order valence-electron chi connectivity index (χ2n) is 12.3. The van der Waals surface area contributed by atoms with E-state index in [1.807, 2.05) is 56.3 Å². The van der Waals surface area contributed by atoms with Crippen LogP contribution in [-0.2, 0) is 24.4 Å². The highest BCUT2D eigenvalue weighted by atomic mass is 35.5. The number of carbonyl (C=O) groups excluding carboxylic acids is 1. The van der Waals surface area contributed by atoms with E-state index >= 15 is 0 Å². The minimum absolute atomic E-state index is 0.0152. The zero-order valence-electron chi connectivity index (χ0n) is 24.2. The lowest BCUT2D eigenvalue weighted by Gasteiger charge is -2.35. The number of Topliss-reactive ketones (excluding diaryl/α,β-unsaturated/α-hetero) is 1. The first-order chi connectivity index (χ1) is 19.8. The summed E-state index contributed by atoms with van der Waals surface area (Å²) in [5, 5.41) is 9.47. The average molecular weight is 621 g/mol. The van der Waals surface area contributed by atoms with E-state index in [1.54, 1.807) is 6.20 Å². The molecule has 2 heterocycles. The zero-order valence-corrected chi connectivity index (χ0v) is 25.8. The molecule has 1 saturated heterocycles. The molecule has 3 atom stereocenters. The molecule has 0 spiro atoms. The van der Waals surface area contributed by atoms with Gasteiger partial charge in [0.1, 0.15) is 11.9 Å². The lowest BCUT2D eigenvalue weighted by Crippen LogP contribution is -2.42. The summed E-state index contributed by atoms with van der Waals surface area (Å²) < 4.78 is 37.4. The molecule has 2 saturated carbocycles. The first kappa shape index (κ1) is 32.5. The number of likely N-dealkylation sites (tertiary alicyclic amines) is 1. The molecule has 3 fully saturated rings. The molecule has 11 heteroatoms. The van der Waals surface area contributed by atoms with E-state index in [-0.39, 0.29) is 35.7 Å². The summed E-state index contributed by atoms with van der Waals surface area (Å²) in [6, 6.07) is 13.6. The molecule has 2 aromatic rings. The lowest BCUT2D eigenvalue weighted by molar-refractivity contribution is -0.137. The summed E-state index contributed by atoms with van der Waals surface area (Å²) in [4.78, 5) is 29.3. The maximum Gasteiger partial charge on any atom is 0.303 e. The van der Waals surface area contributed by atoms with Gasteiger partial charge in [-0.2, -0.15) is 8.42 Å². The number of fused-ring (bicyclic) bond motifs is 2. The van der Waals surface area contributed by atoms with Crippen molar-refractivity contribution in [2.75, 3.05) is 25.4 Å². The van der Waals surface area contributed by atoms with Crippen molar-refractivity contribution in [1.29, 1.82) is 0 Å². The van der Waals surface area contributed by atoms with Crippen LogP contribution in [0.15, 0.2) is 48.7 Å². The van der Waals surface area contributed by atoms with Crippen molar-refractivity contribution in [2.45, 2.75) is 71.0 Å². The number of ether oxygens (including phenoxy) is 1. The maximum atomic E-state index is 11.9. The van der Waals surface area contributed by atoms with E-state index in [4.69, 9.17) is 26.0 Å². The second kappa shape index (κ2) is 13.5. The molecule has 2 aliphatic carbocycles. The van der Waals surface area contributed by atoms with Crippen LogP contribution < -0.4 is 0 Å². The first-order valence-corrected chi connectivity index (χ1v) is 16.5. The Labute approximate surface area is 253 Å². The summed E-state index contributed by atoms with van der Waals surface area (Å²) in [7, 11) is -4.08. The van der Waals surface area contributed by atoms with Crippen molar-refractivity contribution < 1.29 is 32.4 Å². The van der Waals surface area contributed by atoms with Crippen LogP contribution >= 0.6 is 11.6 Å². The highest BCUT2D eigenvalue weighted by molar-refractivity contribution is 7.85. The Kier molecular flexibility index (Phi) is 10.5. The minimum atomic E-state index is -4.08. The van der Waals surface area contributed by atoms with Crippen molar-refractivity contribution in [1.82, 2.24) is 9.88 Å². The Morgan fingerprint density at radius 3 is 2.36 bits per heavy atom. The number of pyridine rings is 1. The van der Waals surface area contributed by atoms with E-state index in [0.717, 1.165) is 50.2 Å². The number of rotatable bonds is 10. The standard InChI is InChI=1S/C21H25ClN2O3.C10H16O4S/c22-17-8-6-16(7-9-17)21(19-4-1-2-12-23-19)27-18-10-14-24(15-11-18)13-3-5-20(25)26;1-9(2)7-3-4-10(9,8(11)5-7)6-15(12,13)14/h1-2,4,6-9,12,18,21H,3,5,10-11,13-15H2,(H,25,26);7H,3-6H2,1-2H3,(H,12,13,14)/t21-;7-,10-/m00/s1. The third kappa shape index (κ3) is 7.77. The highest BCUT2D eigenvalue weighted by Gasteiger charge is 2.65. The quantitative estimate of drug-likeness (QED) is 0.333. The van der Waals surface area contributed by atoms with Gasteiger partial charge in [-0.05, 0) is 79.8 Å². The Morgan fingerprint density at radius 2 is 1.83 bits per heavy atom. The molecule has 1 aromatic heterocycles. The Hall–Kier alpha value is -2.37. The molecule has 1 aliphatic heterocycles. The van der Waals surface area contributed by atoms with Gasteiger partial charge in [0.25, 0.3) is 10.1 Å². The number of aliphatic carboxylic acids is 1. The molecule has 9 nitrogen and oxygen atoms in total. The van der Waals surface area contributed by atoms with E-state index in [9.17, 15) is 18.0 Å². The zero-order chi connectivity index (χ0) is 30.5. The number of carboxylic acids is 1. The van der Waals surface area contributed by atoms with Gasteiger partial charge in [0.15, 0.2) is 0 Å². The number of carbonyl (C=O) groups is 2. The fraction of sp³-hybridized carbons (Fsp3) is 0.581. The predicted octanol–water partition coefficient (Wildman–Crippen LogP) is 5.44. The molecule has 3 aliphatic rings. The molecule has 1 aromatic carbocycles. The summed E-state index contributed by atoms with van der Waals surface area (Å²) in [5.41, 5.74) is 0.816. The van der Waals surface area contributed by atoms with Gasteiger partial charge in [0, 0.05) is 37.2 Å². The molecule has 2 bridgehead atoms. The molecule has 5 rings (SSSR count). The summed E-state index contributed by atoms with van der Waals surface area (Å²) >= 11 is 6.03. The number of ketones is 1. The number of halogens is 1. The van der Waals surface area contributed by atoms with Crippen molar-refractivity contribution in [3.05, 3.63) is 64.9 Å². The number of piperidine rings is 1. The van der Waals surface area contributed by atoms with Gasteiger partial charge < -0.3 is 14.7 Å². The minimum Gasteiger partial charge on any atom is -0.481 e. The third-order valence-electron chi connectivity index (χ3n) is 9.43. The number of aromatic nitrogens is 1. The molecule has 0 unspecified atom stereocenters. The topological polar surface area (TPSA) is 134 Å². The number of benzene rings is 1. The van der Waals surface area contributed by atoms with Crippen LogP contribution in [0.3, 0.4) is 0 Å². The monoisotopic (exact) mass is 620 g/mol. The Balaban J connectivity index is 0.000000227. The smallest absolute Gasteiger partial charge is 0.303 e. The van der Waals surface area contributed by atoms with Crippen LogP contribution in [0.4, 0.5) is 0 Å². The van der Waals surface area contributed by atoms with Gasteiger partial charge in [-0.25, -0.2) is 0 Å². The number of nitrogens with zero attached hydrogens (tertiary/aromatic N) is 2. The number of carboxylic acid groups (broad SMARTS) is 1. The maximum absolute atomic E-state index is 11.9. The lowest BCUT2D eigenvalue weighted by atomic mass is 9.70. The highest BCUT2D eigenvalue weighted by Crippen LogP contribution is 2.64. The summed E-state index contributed by atoms with van der Waals surface area (Å²) in [5.74, 6) is -0.829. The summed E-state index contributed by atoms with van der Waals surface area (Å²) in [6.07, 6.45) is 6.49. The van der Waals surface area contributed by atoms with E-state index in [2.05, 4.69) is 9.88 Å². The van der Waals surface area contributed by atoms with Crippen LogP contribution in [0.5, 0.6) is 0 Å². The van der Waals surface area contributed by atoms with Crippen LogP contribution in [0, 0.1) is 16.7 Å². The van der Waals surface area contributed by atoms with Crippen LogP contribution in [0.1, 0.15) is 76.2 Å². The second-order valence-corrected chi connectivity index (χ2v) is 14.1. The van der Waals surface area contributed by atoms with Crippen molar-refractivity contribution >= 4 is 33.5 Å². The predicted molar refractivity (Wildman–Crippen MR) is 160 cm³/mol. The SMILES string of the molecule is CC1(C)[C@H]2CC[C@]1(CS(=O)(=O)O)C(=O)C2.O=C(O)CCCN1CCC(O[C@@H](c2ccc(Cl)cc2)c2ccccn2)CC1. The van der Waals surface area contributed by atoms with Crippen LogP contribution in [0.2, 0.25) is 5.02 Å². The molecule has 230 valence electrons. The van der Waals surface area contributed by atoms with E-state index in [0.29, 0.717) is 24.3 Å². The fourth-order valence-corrected chi connectivity index (χ4v) is 8.25. The largest absolute Gasteiger partial charge is 0.481 e. The van der Waals surface area contributed by atoms with Crippen molar-refractivity contribution in [3.8, 4) is 0 Å². The number of hydrogen-bond donors (Lipinski definition) is 2. The van der Waals surface area contributed by atoms with Crippen molar-refractivity contribution in [3.63, 3.8) is 0 Å². The van der Waals surface area contributed by atoms with Gasteiger partial charge in [-0.15, -0.1) is 0 Å². The number of hydrogen-bond acceptors (Lipinski definition) is 7.